The van der Waals surface area contributed by atoms with Gasteiger partial charge in [-0.2, -0.15) is 0 Å². The van der Waals surface area contributed by atoms with Crippen LogP contribution in [0.3, 0.4) is 0 Å². The maximum absolute atomic E-state index is 12.0. The number of rotatable bonds is 4. The molecule has 3 N–H and O–H groups in total. The lowest BCUT2D eigenvalue weighted by Gasteiger charge is -2.13. The Bertz CT molecular complexity index is 598. The van der Waals surface area contributed by atoms with Gasteiger partial charge in [0.1, 0.15) is 0 Å². The molecule has 1 atom stereocenters. The maximum Gasteiger partial charge on any atom is 0.225 e. The predicted octanol–water partition coefficient (Wildman–Crippen LogP) is 3.56. The van der Waals surface area contributed by atoms with E-state index >= 15 is 0 Å². The van der Waals surface area contributed by atoms with E-state index in [0.29, 0.717) is 6.42 Å². The quantitative estimate of drug-likeness (QED) is 0.840. The van der Waals surface area contributed by atoms with Crippen molar-refractivity contribution >= 4 is 33.2 Å². The lowest BCUT2D eigenvalue weighted by Crippen LogP contribution is -2.14. The molecule has 1 aromatic carbocycles. The first-order valence-corrected chi connectivity index (χ1v) is 7.10. The van der Waals surface area contributed by atoms with Crippen LogP contribution in [-0.2, 0) is 4.79 Å². The highest BCUT2D eigenvalue weighted by Gasteiger charge is 2.12. The monoisotopic (exact) mass is 333 g/mol. The highest BCUT2D eigenvalue weighted by molar-refractivity contribution is 9.10. The Morgan fingerprint density at radius 1 is 1.35 bits per heavy atom. The normalized spacial score (nSPS) is 11.9. The minimum Gasteiger partial charge on any atom is -0.399 e. The molecule has 1 amide bonds. The molecule has 2 rings (SSSR count). The Labute approximate surface area is 126 Å². The number of halogens is 1. The van der Waals surface area contributed by atoms with Crippen LogP contribution in [0.15, 0.2) is 47.2 Å². The van der Waals surface area contributed by atoms with Crippen molar-refractivity contribution in [1.82, 2.24) is 4.98 Å². The van der Waals surface area contributed by atoms with Gasteiger partial charge in [-0.3, -0.25) is 9.78 Å². The van der Waals surface area contributed by atoms with Crippen LogP contribution in [0.25, 0.3) is 0 Å². The Morgan fingerprint density at radius 3 is 2.70 bits per heavy atom. The number of nitrogens with zero attached hydrogens (tertiary/aromatic N) is 1. The summed E-state index contributed by atoms with van der Waals surface area (Å²) in [7, 11) is 0. The summed E-state index contributed by atoms with van der Waals surface area (Å²) in [5, 5.41) is 2.87. The van der Waals surface area contributed by atoms with Gasteiger partial charge in [0.2, 0.25) is 5.91 Å². The number of hydrogen-bond acceptors (Lipinski definition) is 3. The van der Waals surface area contributed by atoms with Crippen molar-refractivity contribution in [2.24, 2.45) is 0 Å². The number of hydrogen-bond donors (Lipinski definition) is 2. The number of carbonyl (C=O) groups excluding carboxylic acids is 1. The smallest absolute Gasteiger partial charge is 0.225 e. The van der Waals surface area contributed by atoms with Crippen LogP contribution in [0.4, 0.5) is 11.4 Å². The van der Waals surface area contributed by atoms with E-state index in [1.807, 2.05) is 31.2 Å². The molecule has 0 saturated carbocycles. The lowest BCUT2D eigenvalue weighted by atomic mass is 9.97. The zero-order valence-electron chi connectivity index (χ0n) is 11.1. The van der Waals surface area contributed by atoms with E-state index in [1.54, 1.807) is 18.5 Å². The summed E-state index contributed by atoms with van der Waals surface area (Å²) in [5.41, 5.74) is 8.22. The SMILES string of the molecule is CC(CC(=O)Nc1ccncc1Br)c1ccc(N)cc1. The van der Waals surface area contributed by atoms with Crippen LogP contribution in [-0.4, -0.2) is 10.9 Å². The van der Waals surface area contributed by atoms with Gasteiger partial charge in [0.15, 0.2) is 0 Å². The average molecular weight is 334 g/mol. The third-order valence-electron chi connectivity index (χ3n) is 3.04. The van der Waals surface area contributed by atoms with Crippen molar-refractivity contribution in [2.45, 2.75) is 19.3 Å². The van der Waals surface area contributed by atoms with Crippen molar-refractivity contribution in [3.05, 3.63) is 52.8 Å². The van der Waals surface area contributed by atoms with E-state index in [9.17, 15) is 4.79 Å². The Balaban J connectivity index is 1.98. The van der Waals surface area contributed by atoms with Gasteiger partial charge in [-0.15, -0.1) is 0 Å². The topological polar surface area (TPSA) is 68.0 Å². The van der Waals surface area contributed by atoms with Crippen molar-refractivity contribution < 1.29 is 4.79 Å². The second-order valence-electron chi connectivity index (χ2n) is 4.68. The number of nitrogens with two attached hydrogens (primary N) is 1. The third kappa shape index (κ3) is 3.81. The summed E-state index contributed by atoms with van der Waals surface area (Å²) in [6.07, 6.45) is 3.71. The fraction of sp³-hybridized carbons (Fsp3) is 0.200. The van der Waals surface area contributed by atoms with Crippen LogP contribution in [0.2, 0.25) is 0 Å². The Morgan fingerprint density at radius 2 is 2.05 bits per heavy atom. The molecule has 0 aliphatic carbocycles. The molecule has 4 nitrogen and oxygen atoms in total. The molecule has 0 aliphatic heterocycles. The number of nitrogens with one attached hydrogen (secondary N) is 1. The third-order valence-corrected chi connectivity index (χ3v) is 3.68. The number of nitrogen functional groups attached to an aromatic ring is 1. The minimum absolute atomic E-state index is 0.0266. The highest BCUT2D eigenvalue weighted by Crippen LogP contribution is 2.23. The molecule has 1 aromatic heterocycles. The molecular formula is C15H16BrN3O. The molecule has 2 aromatic rings. The zero-order valence-corrected chi connectivity index (χ0v) is 12.7. The largest absolute Gasteiger partial charge is 0.399 e. The van der Waals surface area contributed by atoms with Gasteiger partial charge < -0.3 is 11.1 Å². The number of benzene rings is 1. The number of anilines is 2. The molecule has 0 bridgehead atoms. The fourth-order valence-corrected chi connectivity index (χ4v) is 2.25. The molecule has 104 valence electrons. The van der Waals surface area contributed by atoms with E-state index in [1.165, 1.54) is 0 Å². The molecule has 0 spiro atoms. The van der Waals surface area contributed by atoms with Crippen molar-refractivity contribution in [2.75, 3.05) is 11.1 Å². The van der Waals surface area contributed by atoms with E-state index in [2.05, 4.69) is 26.2 Å². The number of aromatic nitrogens is 1. The molecule has 0 radical (unpaired) electrons. The van der Waals surface area contributed by atoms with Gasteiger partial charge in [0.05, 0.1) is 10.2 Å². The summed E-state index contributed by atoms with van der Waals surface area (Å²) in [6.45, 7) is 2.02. The molecule has 1 unspecified atom stereocenters. The minimum atomic E-state index is -0.0266. The summed E-state index contributed by atoms with van der Waals surface area (Å²) >= 11 is 3.35. The van der Waals surface area contributed by atoms with Crippen LogP contribution in [0, 0.1) is 0 Å². The fourth-order valence-electron chi connectivity index (χ4n) is 1.90. The molecule has 0 saturated heterocycles. The standard InChI is InChI=1S/C15H16BrN3O/c1-10(11-2-4-12(17)5-3-11)8-15(20)19-14-6-7-18-9-13(14)16/h2-7,9-10H,8,17H2,1H3,(H,18,19,20). The van der Waals surface area contributed by atoms with Crippen molar-refractivity contribution in [3.63, 3.8) is 0 Å². The summed E-state index contributed by atoms with van der Waals surface area (Å²) < 4.78 is 0.772. The first-order valence-electron chi connectivity index (χ1n) is 6.31. The number of amides is 1. The lowest BCUT2D eigenvalue weighted by molar-refractivity contribution is -0.116. The van der Waals surface area contributed by atoms with Crippen molar-refractivity contribution in [3.8, 4) is 0 Å². The summed E-state index contributed by atoms with van der Waals surface area (Å²) in [5.74, 6) is 0.109. The summed E-state index contributed by atoms with van der Waals surface area (Å²) in [4.78, 5) is 16.0. The molecule has 1 heterocycles. The highest BCUT2D eigenvalue weighted by atomic mass is 79.9. The van der Waals surface area contributed by atoms with Crippen LogP contribution < -0.4 is 11.1 Å². The van der Waals surface area contributed by atoms with E-state index < -0.39 is 0 Å². The second-order valence-corrected chi connectivity index (χ2v) is 5.53. The predicted molar refractivity (Wildman–Crippen MR) is 84.5 cm³/mol. The average Bonchev–Trinajstić information content (AvgIpc) is 2.42. The number of pyridine rings is 1. The maximum atomic E-state index is 12.0. The summed E-state index contributed by atoms with van der Waals surface area (Å²) in [6, 6.07) is 9.37. The van der Waals surface area contributed by atoms with E-state index in [0.717, 1.165) is 21.4 Å². The van der Waals surface area contributed by atoms with E-state index in [4.69, 9.17) is 5.73 Å². The zero-order chi connectivity index (χ0) is 14.5. The molecule has 5 heteroatoms. The van der Waals surface area contributed by atoms with Gasteiger partial charge in [0.25, 0.3) is 0 Å². The van der Waals surface area contributed by atoms with Crippen LogP contribution in [0.1, 0.15) is 24.8 Å². The van der Waals surface area contributed by atoms with E-state index in [-0.39, 0.29) is 11.8 Å². The van der Waals surface area contributed by atoms with Crippen LogP contribution in [0.5, 0.6) is 0 Å². The van der Waals surface area contributed by atoms with Gasteiger partial charge in [-0.25, -0.2) is 0 Å². The molecule has 0 aliphatic rings. The Hall–Kier alpha value is -1.88. The first-order chi connectivity index (χ1) is 9.56. The molecule has 0 fully saturated rings. The van der Waals surface area contributed by atoms with Gasteiger partial charge in [-0.05, 0) is 45.6 Å². The Kier molecular flexibility index (Phi) is 4.74. The second kappa shape index (κ2) is 6.52. The first kappa shape index (κ1) is 14.5. The molecule has 20 heavy (non-hydrogen) atoms. The number of carbonyl (C=O) groups is 1. The molecular weight excluding hydrogens is 318 g/mol. The van der Waals surface area contributed by atoms with Crippen molar-refractivity contribution in [1.29, 1.82) is 0 Å². The van der Waals surface area contributed by atoms with Gasteiger partial charge >= 0.3 is 0 Å². The van der Waals surface area contributed by atoms with Gasteiger partial charge in [0, 0.05) is 24.5 Å². The van der Waals surface area contributed by atoms with Gasteiger partial charge in [-0.1, -0.05) is 19.1 Å². The van der Waals surface area contributed by atoms with Crippen LogP contribution >= 0.6 is 15.9 Å².